The van der Waals surface area contributed by atoms with Gasteiger partial charge < -0.3 is 5.32 Å². The summed E-state index contributed by atoms with van der Waals surface area (Å²) in [6.45, 7) is 4.62. The highest BCUT2D eigenvalue weighted by Crippen LogP contribution is 1.98. The van der Waals surface area contributed by atoms with Crippen LogP contribution < -0.4 is 5.32 Å². The molecule has 0 aromatic carbocycles. The van der Waals surface area contributed by atoms with E-state index in [2.05, 4.69) is 22.4 Å². The highest BCUT2D eigenvalue weighted by molar-refractivity contribution is 5.85. The number of rotatable bonds is 5. The Labute approximate surface area is 107 Å². The molecule has 2 aromatic rings. The van der Waals surface area contributed by atoms with Crippen molar-refractivity contribution < 1.29 is 0 Å². The molecule has 94 valence electrons. The molecule has 0 aliphatic carbocycles. The molecule has 0 aliphatic heterocycles. The molecule has 2 heterocycles. The third kappa shape index (κ3) is 3.87. The molecule has 0 atom stereocenters. The Kier molecular flexibility index (Phi) is 5.18. The minimum atomic E-state index is 0. The lowest BCUT2D eigenvalue weighted by molar-refractivity contribution is 0.619. The second-order valence-corrected chi connectivity index (χ2v) is 3.79. The maximum atomic E-state index is 4.40. The molecule has 0 unspecified atom stereocenters. The van der Waals surface area contributed by atoms with Gasteiger partial charge in [0.2, 0.25) is 0 Å². The predicted octanol–water partition coefficient (Wildman–Crippen LogP) is 1.35. The second kappa shape index (κ2) is 6.42. The smallest absolute Gasteiger partial charge is 0.0762 e. The van der Waals surface area contributed by atoms with E-state index in [1.165, 1.54) is 5.56 Å². The fourth-order valence-corrected chi connectivity index (χ4v) is 1.57. The molecular weight excluding hydrogens is 238 g/mol. The second-order valence-electron chi connectivity index (χ2n) is 3.79. The first-order chi connectivity index (χ1) is 7.78. The minimum absolute atomic E-state index is 0. The first kappa shape index (κ1) is 13.7. The Morgan fingerprint density at radius 3 is 2.76 bits per heavy atom. The van der Waals surface area contributed by atoms with Crippen molar-refractivity contribution in [2.24, 2.45) is 7.05 Å². The van der Waals surface area contributed by atoms with Gasteiger partial charge in [-0.15, -0.1) is 12.4 Å². The van der Waals surface area contributed by atoms with Crippen LogP contribution in [0.3, 0.4) is 0 Å². The molecule has 0 fully saturated rings. The van der Waals surface area contributed by atoms with Gasteiger partial charge in [0, 0.05) is 44.6 Å². The lowest BCUT2D eigenvalue weighted by Gasteiger charge is -1.99. The molecule has 17 heavy (non-hydrogen) atoms. The van der Waals surface area contributed by atoms with Gasteiger partial charge in [-0.1, -0.05) is 0 Å². The van der Waals surface area contributed by atoms with E-state index in [1.807, 2.05) is 41.1 Å². The highest BCUT2D eigenvalue weighted by atomic mass is 35.5. The van der Waals surface area contributed by atoms with Crippen LogP contribution in [0.15, 0.2) is 24.7 Å². The van der Waals surface area contributed by atoms with Gasteiger partial charge in [-0.05, 0) is 13.0 Å². The molecule has 0 saturated heterocycles. The molecule has 0 saturated carbocycles. The van der Waals surface area contributed by atoms with E-state index in [-0.39, 0.29) is 12.4 Å². The van der Waals surface area contributed by atoms with E-state index in [0.29, 0.717) is 0 Å². The van der Waals surface area contributed by atoms with Crippen LogP contribution in [0.1, 0.15) is 18.2 Å². The number of halogens is 1. The number of hydrogen-bond acceptors (Lipinski definition) is 3. The fraction of sp³-hybridized carbons (Fsp3) is 0.455. The summed E-state index contributed by atoms with van der Waals surface area (Å²) in [5, 5.41) is 11.9. The van der Waals surface area contributed by atoms with Crippen LogP contribution in [0.5, 0.6) is 0 Å². The summed E-state index contributed by atoms with van der Waals surface area (Å²) in [5.41, 5.74) is 2.27. The first-order valence-corrected chi connectivity index (χ1v) is 5.48. The van der Waals surface area contributed by atoms with Crippen molar-refractivity contribution in [2.45, 2.75) is 26.6 Å². The van der Waals surface area contributed by atoms with Crippen molar-refractivity contribution in [1.29, 1.82) is 0 Å². The van der Waals surface area contributed by atoms with Gasteiger partial charge in [-0.25, -0.2) is 0 Å². The summed E-state index contributed by atoms with van der Waals surface area (Å²) in [4.78, 5) is 0. The predicted molar refractivity (Wildman–Crippen MR) is 68.9 cm³/mol. The van der Waals surface area contributed by atoms with Crippen molar-refractivity contribution in [1.82, 2.24) is 24.9 Å². The van der Waals surface area contributed by atoms with Gasteiger partial charge in [0.1, 0.15) is 0 Å². The minimum Gasteiger partial charge on any atom is -0.307 e. The van der Waals surface area contributed by atoms with Crippen LogP contribution in [0.25, 0.3) is 0 Å². The molecule has 0 amide bonds. The largest absolute Gasteiger partial charge is 0.307 e. The molecule has 6 heteroatoms. The Hall–Kier alpha value is -1.33. The number of nitrogens with zero attached hydrogens (tertiary/aromatic N) is 4. The number of aryl methyl sites for hydroxylation is 2. The van der Waals surface area contributed by atoms with E-state index in [4.69, 9.17) is 0 Å². The number of aromatic nitrogens is 4. The Bertz CT molecular complexity index is 448. The van der Waals surface area contributed by atoms with Crippen LogP contribution in [0, 0.1) is 0 Å². The Morgan fingerprint density at radius 1 is 1.35 bits per heavy atom. The topological polar surface area (TPSA) is 47.7 Å². The van der Waals surface area contributed by atoms with E-state index in [9.17, 15) is 0 Å². The maximum Gasteiger partial charge on any atom is 0.0762 e. The number of hydrogen-bond donors (Lipinski definition) is 1. The van der Waals surface area contributed by atoms with E-state index < -0.39 is 0 Å². The first-order valence-electron chi connectivity index (χ1n) is 5.48. The lowest BCUT2D eigenvalue weighted by atomic mass is 10.3. The third-order valence-electron chi connectivity index (χ3n) is 2.41. The summed E-state index contributed by atoms with van der Waals surface area (Å²) in [6.07, 6.45) is 5.89. The third-order valence-corrected chi connectivity index (χ3v) is 2.41. The zero-order valence-electron chi connectivity index (χ0n) is 10.1. The molecule has 0 spiro atoms. The van der Waals surface area contributed by atoms with Crippen molar-refractivity contribution >= 4 is 12.4 Å². The van der Waals surface area contributed by atoms with E-state index in [1.54, 1.807) is 0 Å². The van der Waals surface area contributed by atoms with Gasteiger partial charge in [0.05, 0.1) is 11.9 Å². The van der Waals surface area contributed by atoms with Crippen molar-refractivity contribution in [3.63, 3.8) is 0 Å². The molecule has 0 aliphatic rings. The quantitative estimate of drug-likeness (QED) is 0.877. The summed E-state index contributed by atoms with van der Waals surface area (Å²) in [6, 6.07) is 2.04. The van der Waals surface area contributed by atoms with Gasteiger partial charge in [0.15, 0.2) is 0 Å². The average molecular weight is 256 g/mol. The summed E-state index contributed by atoms with van der Waals surface area (Å²) < 4.78 is 3.74. The molecule has 1 N–H and O–H groups in total. The van der Waals surface area contributed by atoms with Crippen molar-refractivity contribution in [3.05, 3.63) is 35.9 Å². The molecule has 5 nitrogen and oxygen atoms in total. The van der Waals surface area contributed by atoms with Gasteiger partial charge in [-0.2, -0.15) is 10.2 Å². The SMILES string of the molecule is CCn1ccc(CNCc2cnn(C)c2)n1.Cl. The summed E-state index contributed by atoms with van der Waals surface area (Å²) in [7, 11) is 1.92. The van der Waals surface area contributed by atoms with E-state index >= 15 is 0 Å². The Balaban J connectivity index is 0.00000144. The molecule has 2 aromatic heterocycles. The highest BCUT2D eigenvalue weighted by Gasteiger charge is 1.99. The van der Waals surface area contributed by atoms with Crippen LogP contribution in [-0.2, 0) is 26.7 Å². The standard InChI is InChI=1S/C11H17N5.ClH/c1-3-16-5-4-11(14-16)8-12-6-10-7-13-15(2)9-10;/h4-5,7,9,12H,3,6,8H2,1-2H3;1H. The van der Waals surface area contributed by atoms with Crippen LogP contribution in [0.4, 0.5) is 0 Å². The molecule has 2 rings (SSSR count). The van der Waals surface area contributed by atoms with Crippen LogP contribution in [0.2, 0.25) is 0 Å². The summed E-state index contributed by atoms with van der Waals surface area (Å²) in [5.74, 6) is 0. The van der Waals surface area contributed by atoms with E-state index in [0.717, 1.165) is 25.3 Å². The fourth-order valence-electron chi connectivity index (χ4n) is 1.57. The molecule has 0 radical (unpaired) electrons. The van der Waals surface area contributed by atoms with Crippen LogP contribution >= 0.6 is 12.4 Å². The average Bonchev–Trinajstić information content (AvgIpc) is 2.88. The zero-order valence-corrected chi connectivity index (χ0v) is 10.9. The lowest BCUT2D eigenvalue weighted by Crippen LogP contribution is -2.13. The zero-order chi connectivity index (χ0) is 11.4. The van der Waals surface area contributed by atoms with Gasteiger partial charge >= 0.3 is 0 Å². The monoisotopic (exact) mass is 255 g/mol. The van der Waals surface area contributed by atoms with Gasteiger partial charge in [0.25, 0.3) is 0 Å². The van der Waals surface area contributed by atoms with Crippen molar-refractivity contribution in [3.8, 4) is 0 Å². The maximum absolute atomic E-state index is 4.40. The number of nitrogens with one attached hydrogen (secondary N) is 1. The molecule has 0 bridgehead atoms. The van der Waals surface area contributed by atoms with Gasteiger partial charge in [-0.3, -0.25) is 9.36 Å². The normalized spacial score (nSPS) is 10.2. The Morgan fingerprint density at radius 2 is 2.18 bits per heavy atom. The van der Waals surface area contributed by atoms with Crippen LogP contribution in [-0.4, -0.2) is 19.6 Å². The van der Waals surface area contributed by atoms with Crippen molar-refractivity contribution in [2.75, 3.05) is 0 Å². The summed E-state index contributed by atoms with van der Waals surface area (Å²) >= 11 is 0. The molecular formula is C11H18ClN5.